The molecule has 0 radical (unpaired) electrons. The van der Waals surface area contributed by atoms with E-state index < -0.39 is 66.1 Å². The molecule has 0 bridgehead atoms. The van der Waals surface area contributed by atoms with E-state index in [1.54, 1.807) is 0 Å². The van der Waals surface area contributed by atoms with Gasteiger partial charge in [0.25, 0.3) is 0 Å². The first-order valence-electron chi connectivity index (χ1n) is 16.0. The number of carbonyl (C=O) groups is 2. The van der Waals surface area contributed by atoms with Gasteiger partial charge in [0, 0.05) is 24.5 Å². The topological polar surface area (TPSA) is 53.1 Å². The van der Waals surface area contributed by atoms with Crippen molar-refractivity contribution in [1.82, 2.24) is 0 Å². The summed E-state index contributed by atoms with van der Waals surface area (Å²) in [5.74, 6) is -14.6. The van der Waals surface area contributed by atoms with Gasteiger partial charge >= 0.3 is 173 Å². The van der Waals surface area contributed by atoms with E-state index in [9.17, 15) is 31.5 Å². The van der Waals surface area contributed by atoms with Crippen molar-refractivity contribution >= 4 is 52.9 Å². The van der Waals surface area contributed by atoms with E-state index in [0.717, 1.165) is 13.1 Å². The van der Waals surface area contributed by atoms with Crippen LogP contribution in [0.15, 0.2) is 42.5 Å². The first kappa shape index (κ1) is 39.4. The third kappa shape index (κ3) is 7.61. The SMILES string of the molecule is CC1Oc2c([CH]=[Ru]([Cl])[Cl])cccc2N(C(=O)c2c(F)c(F)c(F)c(F)c2F)C1=O.Cc1cc(C)c(N2[CH-]N(c3c(C)cc(C)cc3C)CC2)c(C)c1. The van der Waals surface area contributed by atoms with Crippen molar-refractivity contribution in [1.29, 1.82) is 0 Å². The summed E-state index contributed by atoms with van der Waals surface area (Å²) in [5.41, 5.74) is 9.13. The normalized spacial score (nSPS) is 15.6. The Kier molecular flexibility index (Phi) is 11.8. The van der Waals surface area contributed by atoms with Crippen LogP contribution in [0.5, 0.6) is 5.75 Å². The van der Waals surface area contributed by atoms with Crippen LogP contribution in [0.3, 0.4) is 0 Å². The van der Waals surface area contributed by atoms with Crippen LogP contribution in [0.1, 0.15) is 56.2 Å². The standard InChI is InChI=1S/C21H27N2.C17H8F5NO3.2ClH.Ru/c1-14-9-16(3)20(17(4)10-14)22-7-8-23(13-22)21-18(5)11-15(2)12-19(21)6;1-6-4-3-5-8-15(6)26-7(2)16(24)23(8)17(25)9-10(18)12(20)14(22)13(21)11(9)19;;;/h9-13H,7-8H2,1-6H3;1,3-5,7H,2H3;2*1H;/q-1;;;;+2/p-2. The molecule has 1 fully saturated rings. The maximum Gasteiger partial charge on any atom is 0.0146 e. The first-order chi connectivity index (χ1) is 24.4. The van der Waals surface area contributed by atoms with Crippen molar-refractivity contribution in [2.24, 2.45) is 0 Å². The molecule has 2 amide bonds. The summed E-state index contributed by atoms with van der Waals surface area (Å²) >= 11 is -2.37. The Labute approximate surface area is 312 Å². The Bertz CT molecular complexity index is 2010. The minimum absolute atomic E-state index is 0.0446. The Hall–Kier alpha value is -3.86. The monoisotopic (exact) mass is 848 g/mol. The molecular weight excluding hydrogens is 813 g/mol. The van der Waals surface area contributed by atoms with Gasteiger partial charge in [0.15, 0.2) is 0 Å². The van der Waals surface area contributed by atoms with E-state index in [1.807, 2.05) is 0 Å². The number of hydrogen-bond acceptors (Lipinski definition) is 5. The fourth-order valence-electron chi connectivity index (χ4n) is 6.74. The number of ether oxygens (including phenoxy) is 1. The van der Waals surface area contributed by atoms with Crippen molar-refractivity contribution in [3.8, 4) is 5.75 Å². The molecule has 6 rings (SSSR count). The van der Waals surface area contributed by atoms with Crippen LogP contribution >= 0.6 is 19.4 Å². The van der Waals surface area contributed by atoms with Gasteiger partial charge in [0.1, 0.15) is 0 Å². The second-order valence-electron chi connectivity index (χ2n) is 12.7. The van der Waals surface area contributed by atoms with Crippen molar-refractivity contribution in [3.05, 3.63) is 123 Å². The Morgan fingerprint density at radius 2 is 1.23 bits per heavy atom. The van der Waals surface area contributed by atoms with Crippen molar-refractivity contribution in [2.75, 3.05) is 27.8 Å². The number of hydrogen-bond donors (Lipinski definition) is 0. The van der Waals surface area contributed by atoms with Crippen LogP contribution in [-0.4, -0.2) is 35.6 Å². The van der Waals surface area contributed by atoms with Gasteiger partial charge < -0.3 is 9.80 Å². The summed E-state index contributed by atoms with van der Waals surface area (Å²) in [6.45, 7) is 18.8. The van der Waals surface area contributed by atoms with Crippen LogP contribution in [0, 0.1) is 77.3 Å². The van der Waals surface area contributed by atoms with Crippen molar-refractivity contribution < 1.29 is 49.8 Å². The summed E-state index contributed by atoms with van der Waals surface area (Å²) in [5, 5.41) is 0. The maximum atomic E-state index is 14.1. The summed E-state index contributed by atoms with van der Waals surface area (Å²) < 4.78 is 75.5. The van der Waals surface area contributed by atoms with Gasteiger partial charge in [-0.2, -0.15) is 6.67 Å². The Balaban J connectivity index is 0.000000206. The van der Waals surface area contributed by atoms with Crippen LogP contribution in [0.4, 0.5) is 39.0 Å². The fourth-order valence-corrected chi connectivity index (χ4v) is 8.53. The third-order valence-corrected chi connectivity index (χ3v) is 10.5. The van der Waals surface area contributed by atoms with Crippen LogP contribution < -0.4 is 19.4 Å². The number of fused-ring (bicyclic) bond motifs is 1. The minimum Gasteiger partial charge on any atom is -0.502 e. The molecule has 6 nitrogen and oxygen atoms in total. The third-order valence-electron chi connectivity index (χ3n) is 8.65. The van der Waals surface area contributed by atoms with Gasteiger partial charge in [-0.1, -0.05) is 35.4 Å². The molecule has 278 valence electrons. The molecule has 0 saturated carbocycles. The van der Waals surface area contributed by atoms with E-state index in [4.69, 9.17) is 24.1 Å². The molecule has 0 N–H and O–H groups in total. The van der Waals surface area contributed by atoms with Crippen molar-refractivity contribution in [2.45, 2.75) is 54.6 Å². The number of carbonyl (C=O) groups excluding carboxylic acids is 2. The van der Waals surface area contributed by atoms with Crippen LogP contribution in [-0.2, 0) is 18.3 Å². The van der Waals surface area contributed by atoms with Gasteiger partial charge in [-0.25, -0.2) is 0 Å². The first-order valence-corrected chi connectivity index (χ1v) is 21.5. The van der Waals surface area contributed by atoms with E-state index in [1.165, 1.54) is 74.5 Å². The second kappa shape index (κ2) is 15.6. The quantitative estimate of drug-likeness (QED) is 0.0512. The van der Waals surface area contributed by atoms with E-state index >= 15 is 0 Å². The average molecular weight is 849 g/mol. The molecule has 0 aliphatic carbocycles. The number of anilines is 3. The molecule has 0 aromatic heterocycles. The summed E-state index contributed by atoms with van der Waals surface area (Å²) in [4.78, 5) is 30.4. The number of halogens is 7. The second-order valence-corrected chi connectivity index (χ2v) is 18.4. The number of aryl methyl sites for hydroxylation is 6. The van der Waals surface area contributed by atoms with Gasteiger partial charge in [-0.05, 0) is 63.8 Å². The zero-order valence-electron chi connectivity index (χ0n) is 29.3. The van der Waals surface area contributed by atoms with Gasteiger partial charge in [-0.3, -0.25) is 0 Å². The molecule has 2 aliphatic heterocycles. The summed E-state index contributed by atoms with van der Waals surface area (Å²) in [7, 11) is 11.7. The fraction of sp³-hybridized carbons (Fsp3) is 0.263. The molecule has 1 atom stereocenters. The molecule has 14 heteroatoms. The number of rotatable bonds is 4. The van der Waals surface area contributed by atoms with Crippen LogP contribution in [0.25, 0.3) is 0 Å². The summed E-state index contributed by atoms with van der Waals surface area (Å²) in [6, 6.07) is 13.2. The Morgan fingerprint density at radius 1 is 0.788 bits per heavy atom. The predicted octanol–water partition coefficient (Wildman–Crippen LogP) is 9.40. The molecule has 0 spiro atoms. The zero-order valence-corrected chi connectivity index (χ0v) is 32.5. The Morgan fingerprint density at radius 3 is 1.67 bits per heavy atom. The maximum absolute atomic E-state index is 14.1. The molecule has 52 heavy (non-hydrogen) atoms. The molecule has 1 unspecified atom stereocenters. The van der Waals surface area contributed by atoms with E-state index in [2.05, 4.69) is 82.3 Å². The molecule has 1 saturated heterocycles. The average Bonchev–Trinajstić information content (AvgIpc) is 3.51. The van der Waals surface area contributed by atoms with Gasteiger partial charge in [0.2, 0.25) is 0 Å². The predicted molar refractivity (Wildman–Crippen MR) is 192 cm³/mol. The van der Waals surface area contributed by atoms with Crippen molar-refractivity contribution in [3.63, 3.8) is 0 Å². The molecular formula is C38H35Cl2F5N3O3Ru-. The summed E-state index contributed by atoms with van der Waals surface area (Å²) in [6.07, 6.45) is -1.30. The number of imide groups is 1. The molecule has 4 aromatic carbocycles. The van der Waals surface area contributed by atoms with Crippen LogP contribution in [0.2, 0.25) is 0 Å². The molecule has 2 aliphatic rings. The molecule has 2 heterocycles. The number of para-hydroxylation sites is 1. The largest absolute Gasteiger partial charge is 0.502 e. The smallest absolute Gasteiger partial charge is 0.0146 e. The van der Waals surface area contributed by atoms with Gasteiger partial charge in [-0.15, -0.1) is 0 Å². The number of nitrogens with zero attached hydrogens (tertiary/aromatic N) is 3. The number of benzene rings is 4. The zero-order chi connectivity index (χ0) is 38.3. The number of amides is 2. The molecule has 4 aromatic rings. The van der Waals surface area contributed by atoms with Gasteiger partial charge in [0.05, 0.1) is 0 Å². The van der Waals surface area contributed by atoms with E-state index in [0.29, 0.717) is 10.5 Å². The minimum atomic E-state index is -2.42. The van der Waals surface area contributed by atoms with E-state index in [-0.39, 0.29) is 11.4 Å².